The van der Waals surface area contributed by atoms with Gasteiger partial charge in [0.05, 0.1) is 5.69 Å². The Hall–Kier alpha value is -1.90. The van der Waals surface area contributed by atoms with Crippen LogP contribution >= 0.6 is 0 Å². The first-order chi connectivity index (χ1) is 9.24. The molecule has 0 amide bonds. The molecule has 0 bridgehead atoms. The minimum atomic E-state index is 0.710. The number of benzene rings is 1. The summed E-state index contributed by atoms with van der Waals surface area (Å²) in [5, 5.41) is 3.23. The van der Waals surface area contributed by atoms with E-state index in [4.69, 9.17) is 0 Å². The maximum Gasteiger partial charge on any atom is 0.223 e. The predicted octanol–water partition coefficient (Wildman–Crippen LogP) is 3.84. The lowest BCUT2D eigenvalue weighted by Crippen LogP contribution is -2.05. The summed E-state index contributed by atoms with van der Waals surface area (Å²) in [6, 6.07) is 8.60. The number of rotatable bonds is 5. The van der Waals surface area contributed by atoms with Gasteiger partial charge in [-0.3, -0.25) is 0 Å². The standard InChI is InChI=1S/C16H21N3/c1-4-10-17-16-18-11-12(3)15(19-16)14-8-6-13(5-2)7-9-14/h6-9,11H,4-5,10H2,1-3H3,(H,17,18,19). The van der Waals surface area contributed by atoms with E-state index in [1.54, 1.807) is 0 Å². The minimum Gasteiger partial charge on any atom is -0.354 e. The Morgan fingerprint density at radius 3 is 2.47 bits per heavy atom. The number of nitrogens with zero attached hydrogens (tertiary/aromatic N) is 2. The van der Waals surface area contributed by atoms with Crippen LogP contribution in [0.1, 0.15) is 31.4 Å². The summed E-state index contributed by atoms with van der Waals surface area (Å²) in [5.74, 6) is 0.710. The fourth-order valence-electron chi connectivity index (χ4n) is 1.95. The lowest BCUT2D eigenvalue weighted by Gasteiger charge is -2.09. The lowest BCUT2D eigenvalue weighted by molar-refractivity contribution is 0.951. The SMILES string of the molecule is CCCNc1ncc(C)c(-c2ccc(CC)cc2)n1. The van der Waals surface area contributed by atoms with E-state index in [-0.39, 0.29) is 0 Å². The van der Waals surface area contributed by atoms with Crippen LogP contribution in [0.4, 0.5) is 5.95 Å². The van der Waals surface area contributed by atoms with Crippen molar-refractivity contribution in [1.29, 1.82) is 0 Å². The van der Waals surface area contributed by atoms with Gasteiger partial charge in [-0.2, -0.15) is 0 Å². The van der Waals surface area contributed by atoms with Crippen molar-refractivity contribution < 1.29 is 0 Å². The van der Waals surface area contributed by atoms with Gasteiger partial charge in [-0.25, -0.2) is 9.97 Å². The van der Waals surface area contributed by atoms with Crippen molar-refractivity contribution in [2.75, 3.05) is 11.9 Å². The minimum absolute atomic E-state index is 0.710. The van der Waals surface area contributed by atoms with Gasteiger partial charge in [-0.15, -0.1) is 0 Å². The Balaban J connectivity index is 2.31. The molecule has 0 spiro atoms. The topological polar surface area (TPSA) is 37.8 Å². The summed E-state index contributed by atoms with van der Waals surface area (Å²) in [7, 11) is 0. The van der Waals surface area contributed by atoms with Crippen LogP contribution in [0.5, 0.6) is 0 Å². The van der Waals surface area contributed by atoms with Gasteiger partial charge in [0, 0.05) is 18.3 Å². The maximum atomic E-state index is 4.61. The molecule has 2 aromatic rings. The Labute approximate surface area is 115 Å². The summed E-state index contributed by atoms with van der Waals surface area (Å²) in [4.78, 5) is 8.93. The number of hydrogen-bond acceptors (Lipinski definition) is 3. The summed E-state index contributed by atoms with van der Waals surface area (Å²) in [6.45, 7) is 7.24. The Morgan fingerprint density at radius 1 is 1.11 bits per heavy atom. The molecule has 100 valence electrons. The van der Waals surface area contributed by atoms with Crippen LogP contribution < -0.4 is 5.32 Å². The van der Waals surface area contributed by atoms with E-state index in [2.05, 4.69) is 53.4 Å². The molecule has 0 saturated heterocycles. The lowest BCUT2D eigenvalue weighted by atomic mass is 10.1. The molecule has 0 unspecified atom stereocenters. The van der Waals surface area contributed by atoms with E-state index in [0.717, 1.165) is 36.2 Å². The van der Waals surface area contributed by atoms with Crippen molar-refractivity contribution in [3.05, 3.63) is 41.6 Å². The molecular formula is C16H21N3. The van der Waals surface area contributed by atoms with Crippen molar-refractivity contribution in [2.45, 2.75) is 33.6 Å². The number of aryl methyl sites for hydroxylation is 2. The zero-order valence-electron chi connectivity index (χ0n) is 11.9. The molecule has 2 rings (SSSR count). The number of hydrogen-bond donors (Lipinski definition) is 1. The van der Waals surface area contributed by atoms with E-state index >= 15 is 0 Å². The molecule has 1 aromatic carbocycles. The monoisotopic (exact) mass is 255 g/mol. The molecule has 0 atom stereocenters. The average molecular weight is 255 g/mol. The van der Waals surface area contributed by atoms with Gasteiger partial charge >= 0.3 is 0 Å². The van der Waals surface area contributed by atoms with Gasteiger partial charge in [-0.05, 0) is 30.9 Å². The molecule has 0 fully saturated rings. The third-order valence-electron chi connectivity index (χ3n) is 3.14. The molecule has 0 radical (unpaired) electrons. The fourth-order valence-corrected chi connectivity index (χ4v) is 1.95. The first-order valence-corrected chi connectivity index (χ1v) is 6.91. The van der Waals surface area contributed by atoms with E-state index < -0.39 is 0 Å². The van der Waals surface area contributed by atoms with E-state index in [1.807, 2.05) is 13.1 Å². The molecule has 1 heterocycles. The number of anilines is 1. The van der Waals surface area contributed by atoms with Crippen molar-refractivity contribution in [1.82, 2.24) is 9.97 Å². The van der Waals surface area contributed by atoms with Crippen molar-refractivity contribution >= 4 is 5.95 Å². The molecular weight excluding hydrogens is 234 g/mol. The van der Waals surface area contributed by atoms with E-state index in [0.29, 0.717) is 5.95 Å². The largest absolute Gasteiger partial charge is 0.354 e. The normalized spacial score (nSPS) is 10.5. The van der Waals surface area contributed by atoms with Gasteiger partial charge in [0.25, 0.3) is 0 Å². The van der Waals surface area contributed by atoms with E-state index in [1.165, 1.54) is 5.56 Å². The van der Waals surface area contributed by atoms with Crippen LogP contribution in [0.2, 0.25) is 0 Å². The molecule has 0 aliphatic heterocycles. The molecule has 0 aliphatic carbocycles. The van der Waals surface area contributed by atoms with Gasteiger partial charge in [0.2, 0.25) is 5.95 Å². The second-order valence-electron chi connectivity index (χ2n) is 4.70. The highest BCUT2D eigenvalue weighted by atomic mass is 15.1. The highest BCUT2D eigenvalue weighted by Gasteiger charge is 2.06. The highest BCUT2D eigenvalue weighted by Crippen LogP contribution is 2.22. The number of aromatic nitrogens is 2. The van der Waals surface area contributed by atoms with Crippen LogP contribution in [0.25, 0.3) is 11.3 Å². The summed E-state index contributed by atoms with van der Waals surface area (Å²) < 4.78 is 0. The second-order valence-corrected chi connectivity index (χ2v) is 4.70. The van der Waals surface area contributed by atoms with Crippen molar-refractivity contribution in [2.24, 2.45) is 0 Å². The predicted molar refractivity (Wildman–Crippen MR) is 80.4 cm³/mol. The molecule has 19 heavy (non-hydrogen) atoms. The van der Waals surface area contributed by atoms with Gasteiger partial charge < -0.3 is 5.32 Å². The quantitative estimate of drug-likeness (QED) is 0.882. The van der Waals surface area contributed by atoms with Crippen LogP contribution in [0.3, 0.4) is 0 Å². The average Bonchev–Trinajstić information content (AvgIpc) is 2.46. The zero-order chi connectivity index (χ0) is 13.7. The molecule has 1 aromatic heterocycles. The van der Waals surface area contributed by atoms with Gasteiger partial charge in [0.15, 0.2) is 0 Å². The highest BCUT2D eigenvalue weighted by molar-refractivity contribution is 5.64. The van der Waals surface area contributed by atoms with Crippen LogP contribution in [0, 0.1) is 6.92 Å². The number of nitrogens with one attached hydrogen (secondary N) is 1. The fraction of sp³-hybridized carbons (Fsp3) is 0.375. The smallest absolute Gasteiger partial charge is 0.223 e. The summed E-state index contributed by atoms with van der Waals surface area (Å²) >= 11 is 0. The maximum absolute atomic E-state index is 4.61. The molecule has 1 N–H and O–H groups in total. The van der Waals surface area contributed by atoms with Crippen molar-refractivity contribution in [3.8, 4) is 11.3 Å². The van der Waals surface area contributed by atoms with Gasteiger partial charge in [0.1, 0.15) is 0 Å². The van der Waals surface area contributed by atoms with Crippen LogP contribution in [-0.4, -0.2) is 16.5 Å². The third kappa shape index (κ3) is 3.31. The molecule has 0 saturated carbocycles. The molecule has 3 heteroatoms. The zero-order valence-corrected chi connectivity index (χ0v) is 11.9. The van der Waals surface area contributed by atoms with Crippen LogP contribution in [-0.2, 0) is 6.42 Å². The molecule has 0 aliphatic rings. The Morgan fingerprint density at radius 2 is 1.84 bits per heavy atom. The third-order valence-corrected chi connectivity index (χ3v) is 3.14. The second kappa shape index (κ2) is 6.32. The molecule has 3 nitrogen and oxygen atoms in total. The first kappa shape index (κ1) is 13.5. The summed E-state index contributed by atoms with van der Waals surface area (Å²) in [6.07, 6.45) is 4.01. The van der Waals surface area contributed by atoms with Crippen LogP contribution in [0.15, 0.2) is 30.5 Å². The first-order valence-electron chi connectivity index (χ1n) is 6.91. The Bertz CT molecular complexity index is 532. The van der Waals surface area contributed by atoms with Crippen molar-refractivity contribution in [3.63, 3.8) is 0 Å². The van der Waals surface area contributed by atoms with E-state index in [9.17, 15) is 0 Å². The summed E-state index contributed by atoms with van der Waals surface area (Å²) in [5.41, 5.74) is 4.61. The van der Waals surface area contributed by atoms with Gasteiger partial charge in [-0.1, -0.05) is 38.1 Å². The Kier molecular flexibility index (Phi) is 4.50.